The maximum atomic E-state index is 13.6. The first-order chi connectivity index (χ1) is 15.7. The Morgan fingerprint density at radius 3 is 2.18 bits per heavy atom. The van der Waals surface area contributed by atoms with Crippen LogP contribution in [0.1, 0.15) is 17.5 Å². The number of anilines is 1. The average molecular weight is 578 g/mol. The Kier molecular flexibility index (Phi) is 6.64. The van der Waals surface area contributed by atoms with Crippen molar-refractivity contribution in [2.24, 2.45) is 0 Å². The molecule has 3 aromatic rings. The van der Waals surface area contributed by atoms with Gasteiger partial charge in [0.15, 0.2) is 0 Å². The van der Waals surface area contributed by atoms with Crippen molar-refractivity contribution in [1.82, 2.24) is 4.31 Å². The summed E-state index contributed by atoms with van der Waals surface area (Å²) in [5.74, 6) is -1.66. The fourth-order valence-corrected chi connectivity index (χ4v) is 5.61. The highest BCUT2D eigenvalue weighted by Gasteiger charge is 2.47. The monoisotopic (exact) mass is 578 g/mol. The Labute approximate surface area is 205 Å². The van der Waals surface area contributed by atoms with E-state index in [9.17, 15) is 22.4 Å². The Morgan fingerprint density at radius 2 is 1.58 bits per heavy atom. The first kappa shape index (κ1) is 23.5. The van der Waals surface area contributed by atoms with Crippen molar-refractivity contribution >= 4 is 50.1 Å². The number of carbonyl (C=O) groups excluding carboxylic acids is 2. The predicted molar refractivity (Wildman–Crippen MR) is 130 cm³/mol. The Balaban J connectivity index is 1.74. The van der Waals surface area contributed by atoms with Gasteiger partial charge in [0.05, 0.1) is 17.0 Å². The number of carbonyl (C=O) groups is 2. The van der Waals surface area contributed by atoms with Crippen molar-refractivity contribution in [3.05, 3.63) is 93.3 Å². The fraction of sp³-hybridized carbons (Fsp3) is 0.167. The molecule has 0 bridgehead atoms. The summed E-state index contributed by atoms with van der Waals surface area (Å²) in [6.07, 6.45) is -0.281. The van der Waals surface area contributed by atoms with E-state index in [2.05, 4.69) is 22.6 Å². The molecule has 0 saturated carbocycles. The molecule has 3 aromatic carbocycles. The molecule has 1 saturated heterocycles. The number of imide groups is 1. The molecule has 1 unspecified atom stereocenters. The molecule has 0 aromatic heterocycles. The summed E-state index contributed by atoms with van der Waals surface area (Å²) in [7, 11) is -4.21. The molecular formula is C24H20FIN2O4S. The third-order valence-corrected chi connectivity index (χ3v) is 8.02. The molecule has 1 aliphatic rings. The summed E-state index contributed by atoms with van der Waals surface area (Å²) in [6, 6.07) is 17.3. The molecule has 9 heteroatoms. The van der Waals surface area contributed by atoms with Gasteiger partial charge in [-0.3, -0.25) is 9.59 Å². The largest absolute Gasteiger partial charge is 0.274 e. The van der Waals surface area contributed by atoms with Gasteiger partial charge in [0.1, 0.15) is 11.9 Å². The summed E-state index contributed by atoms with van der Waals surface area (Å²) in [4.78, 5) is 27.1. The second-order valence-electron chi connectivity index (χ2n) is 7.75. The van der Waals surface area contributed by atoms with Gasteiger partial charge in [0.2, 0.25) is 15.9 Å². The number of hydrogen-bond donors (Lipinski definition) is 0. The van der Waals surface area contributed by atoms with Gasteiger partial charge in [0.25, 0.3) is 5.91 Å². The highest BCUT2D eigenvalue weighted by Crippen LogP contribution is 2.31. The second-order valence-corrected chi connectivity index (χ2v) is 10.9. The normalized spacial score (nSPS) is 16.6. The molecule has 1 aliphatic heterocycles. The number of nitrogens with zero attached hydrogens (tertiary/aromatic N) is 2. The average Bonchev–Trinajstić information content (AvgIpc) is 3.07. The first-order valence-corrected chi connectivity index (χ1v) is 12.6. The van der Waals surface area contributed by atoms with Crippen LogP contribution in [-0.4, -0.2) is 30.6 Å². The van der Waals surface area contributed by atoms with Crippen molar-refractivity contribution in [1.29, 1.82) is 0 Å². The van der Waals surface area contributed by atoms with Crippen LogP contribution in [0.25, 0.3) is 0 Å². The molecule has 6 nitrogen and oxygen atoms in total. The van der Waals surface area contributed by atoms with Gasteiger partial charge < -0.3 is 0 Å². The zero-order chi connectivity index (χ0) is 23.8. The maximum absolute atomic E-state index is 13.6. The number of aryl methyl sites for hydroxylation is 1. The molecule has 4 rings (SSSR count). The number of benzene rings is 3. The van der Waals surface area contributed by atoms with Crippen molar-refractivity contribution in [3.63, 3.8) is 0 Å². The third-order valence-electron chi connectivity index (χ3n) is 5.43. The maximum Gasteiger partial charge on any atom is 0.252 e. The van der Waals surface area contributed by atoms with Crippen LogP contribution in [0, 0.1) is 16.3 Å². The molecule has 1 heterocycles. The van der Waals surface area contributed by atoms with Crippen LogP contribution in [0.4, 0.5) is 10.1 Å². The molecule has 0 N–H and O–H groups in total. The number of hydrogen-bond acceptors (Lipinski definition) is 4. The minimum absolute atomic E-state index is 0.107. The fourth-order valence-electron chi connectivity index (χ4n) is 3.68. The van der Waals surface area contributed by atoms with Crippen LogP contribution >= 0.6 is 22.6 Å². The summed E-state index contributed by atoms with van der Waals surface area (Å²) in [5, 5.41) is 0. The molecule has 2 amide bonds. The van der Waals surface area contributed by atoms with Gasteiger partial charge in [0, 0.05) is 10.1 Å². The third kappa shape index (κ3) is 4.85. The van der Waals surface area contributed by atoms with Crippen LogP contribution in [-0.2, 0) is 26.2 Å². The number of halogens is 2. The quantitative estimate of drug-likeness (QED) is 0.324. The Bertz CT molecular complexity index is 1290. The van der Waals surface area contributed by atoms with E-state index in [0.717, 1.165) is 42.6 Å². The molecule has 1 atom stereocenters. The van der Waals surface area contributed by atoms with E-state index in [1.165, 1.54) is 0 Å². The lowest BCUT2D eigenvalue weighted by molar-refractivity contribution is -0.122. The van der Waals surface area contributed by atoms with E-state index >= 15 is 0 Å². The van der Waals surface area contributed by atoms with Crippen molar-refractivity contribution in [2.45, 2.75) is 30.8 Å². The molecule has 0 radical (unpaired) electrons. The molecule has 33 heavy (non-hydrogen) atoms. The molecule has 170 valence electrons. The van der Waals surface area contributed by atoms with E-state index < -0.39 is 33.7 Å². The minimum atomic E-state index is -4.21. The van der Waals surface area contributed by atoms with Gasteiger partial charge in [-0.05, 0) is 83.6 Å². The van der Waals surface area contributed by atoms with Gasteiger partial charge in [-0.25, -0.2) is 17.7 Å². The lowest BCUT2D eigenvalue weighted by Crippen LogP contribution is -2.45. The number of rotatable bonds is 6. The van der Waals surface area contributed by atoms with Gasteiger partial charge in [-0.2, -0.15) is 4.31 Å². The molecule has 0 spiro atoms. The number of sulfonamides is 1. The van der Waals surface area contributed by atoms with E-state index in [-0.39, 0.29) is 17.9 Å². The van der Waals surface area contributed by atoms with Crippen LogP contribution in [0.2, 0.25) is 0 Å². The smallest absolute Gasteiger partial charge is 0.252 e. The van der Waals surface area contributed by atoms with E-state index in [0.29, 0.717) is 11.3 Å². The second kappa shape index (κ2) is 9.32. The molecular weight excluding hydrogens is 558 g/mol. The molecule has 1 fully saturated rings. The van der Waals surface area contributed by atoms with Gasteiger partial charge in [-0.15, -0.1) is 0 Å². The minimum Gasteiger partial charge on any atom is -0.274 e. The Morgan fingerprint density at radius 1 is 0.970 bits per heavy atom. The Hall–Kier alpha value is -2.63. The summed E-state index contributed by atoms with van der Waals surface area (Å²) >= 11 is 2.12. The first-order valence-electron chi connectivity index (χ1n) is 10.1. The standard InChI is InChI=1S/C24H20FIN2O4S/c1-16-2-4-17(5-3-16)15-27(33(31,32)21-12-6-18(25)7-13-21)22-14-23(29)28(24(22)30)20-10-8-19(26)9-11-20/h2-13,22H,14-15H2,1H3. The van der Waals surface area contributed by atoms with E-state index in [1.54, 1.807) is 36.4 Å². The lowest BCUT2D eigenvalue weighted by atomic mass is 10.1. The van der Waals surface area contributed by atoms with Crippen LogP contribution in [0.3, 0.4) is 0 Å². The number of amides is 2. The van der Waals surface area contributed by atoms with Crippen molar-refractivity contribution in [2.75, 3.05) is 4.90 Å². The highest BCUT2D eigenvalue weighted by atomic mass is 127. The molecule has 0 aliphatic carbocycles. The highest BCUT2D eigenvalue weighted by molar-refractivity contribution is 14.1. The van der Waals surface area contributed by atoms with Gasteiger partial charge >= 0.3 is 0 Å². The van der Waals surface area contributed by atoms with E-state index in [4.69, 9.17) is 0 Å². The van der Waals surface area contributed by atoms with Crippen LogP contribution in [0.5, 0.6) is 0 Å². The zero-order valence-electron chi connectivity index (χ0n) is 17.6. The van der Waals surface area contributed by atoms with Crippen LogP contribution < -0.4 is 4.90 Å². The lowest BCUT2D eigenvalue weighted by Gasteiger charge is -2.27. The predicted octanol–water partition coefficient (Wildman–Crippen LogP) is 4.26. The van der Waals surface area contributed by atoms with E-state index in [1.807, 2.05) is 19.1 Å². The van der Waals surface area contributed by atoms with Crippen molar-refractivity contribution in [3.8, 4) is 0 Å². The SMILES string of the molecule is Cc1ccc(CN(C2CC(=O)N(c3ccc(I)cc3)C2=O)S(=O)(=O)c2ccc(F)cc2)cc1. The van der Waals surface area contributed by atoms with Gasteiger partial charge in [-0.1, -0.05) is 29.8 Å². The summed E-state index contributed by atoms with van der Waals surface area (Å²) < 4.78 is 42.5. The van der Waals surface area contributed by atoms with Crippen LogP contribution in [0.15, 0.2) is 77.7 Å². The van der Waals surface area contributed by atoms with Crippen molar-refractivity contribution < 1.29 is 22.4 Å². The summed E-state index contributed by atoms with van der Waals surface area (Å²) in [6.45, 7) is 1.80. The summed E-state index contributed by atoms with van der Waals surface area (Å²) in [5.41, 5.74) is 2.06. The topological polar surface area (TPSA) is 74.8 Å². The zero-order valence-corrected chi connectivity index (χ0v) is 20.6.